The van der Waals surface area contributed by atoms with Gasteiger partial charge in [0.25, 0.3) is 0 Å². The highest BCUT2D eigenvalue weighted by atomic mass is 32.1. The third-order valence-electron chi connectivity index (χ3n) is 4.19. The zero-order valence-corrected chi connectivity index (χ0v) is 15.0. The van der Waals surface area contributed by atoms with Gasteiger partial charge in [0.1, 0.15) is 0 Å². The fraction of sp³-hybridized carbons (Fsp3) is 0.200. The normalized spacial score (nSPS) is 19.9. The summed E-state index contributed by atoms with van der Waals surface area (Å²) in [4.78, 5) is 14.2. The van der Waals surface area contributed by atoms with Crippen LogP contribution >= 0.6 is 12.2 Å². The Morgan fingerprint density at radius 2 is 1.84 bits per heavy atom. The van der Waals surface area contributed by atoms with Crippen LogP contribution in [0, 0.1) is 6.92 Å². The molecule has 0 spiro atoms. The molecule has 2 atom stereocenters. The Hall–Kier alpha value is -2.66. The van der Waals surface area contributed by atoms with Gasteiger partial charge in [0.15, 0.2) is 11.2 Å². The van der Waals surface area contributed by atoms with E-state index >= 15 is 0 Å². The quantitative estimate of drug-likeness (QED) is 0.675. The molecular weight excluding hydrogens is 332 g/mol. The minimum Gasteiger partial charge on any atom is -0.467 e. The average molecular weight is 352 g/mol. The van der Waals surface area contributed by atoms with Crippen molar-refractivity contribution in [2.24, 2.45) is 0 Å². The van der Waals surface area contributed by atoms with E-state index in [0.29, 0.717) is 5.11 Å². The van der Waals surface area contributed by atoms with Crippen molar-refractivity contribution >= 4 is 35.1 Å². The van der Waals surface area contributed by atoms with Gasteiger partial charge in [0.05, 0.1) is 13.2 Å². The smallest absolute Gasteiger partial charge is 0.330 e. The van der Waals surface area contributed by atoms with Gasteiger partial charge >= 0.3 is 5.97 Å². The summed E-state index contributed by atoms with van der Waals surface area (Å²) in [6.07, 6.45) is 3.99. The lowest BCUT2D eigenvalue weighted by molar-refractivity contribution is -0.142. The molecule has 0 aliphatic carbocycles. The summed E-state index contributed by atoms with van der Waals surface area (Å²) in [6, 6.07) is 17.2. The second-order valence-corrected chi connectivity index (χ2v) is 6.30. The van der Waals surface area contributed by atoms with Crippen LogP contribution in [0.4, 0.5) is 5.69 Å². The molecule has 2 aromatic rings. The molecule has 3 rings (SSSR count). The number of hydrogen-bond donors (Lipinski definition) is 1. The van der Waals surface area contributed by atoms with Crippen molar-refractivity contribution in [2.75, 3.05) is 12.0 Å². The monoisotopic (exact) mass is 352 g/mol. The van der Waals surface area contributed by atoms with Crippen LogP contribution in [0.15, 0.2) is 60.7 Å². The predicted molar refractivity (Wildman–Crippen MR) is 104 cm³/mol. The maximum atomic E-state index is 12.2. The van der Waals surface area contributed by atoms with E-state index in [-0.39, 0.29) is 12.0 Å². The van der Waals surface area contributed by atoms with Gasteiger partial charge in [0.2, 0.25) is 0 Å². The number of hydrogen-bond acceptors (Lipinski definition) is 3. The first-order chi connectivity index (χ1) is 12.1. The van der Waals surface area contributed by atoms with E-state index in [1.165, 1.54) is 12.7 Å². The molecule has 0 aromatic heterocycles. The first-order valence-electron chi connectivity index (χ1n) is 8.07. The summed E-state index contributed by atoms with van der Waals surface area (Å²) in [5, 5.41) is 3.60. The zero-order chi connectivity index (χ0) is 17.8. The number of nitrogens with one attached hydrogen (secondary N) is 1. The Morgan fingerprint density at radius 1 is 1.16 bits per heavy atom. The van der Waals surface area contributed by atoms with Crippen LogP contribution in [0.1, 0.15) is 11.1 Å². The van der Waals surface area contributed by atoms with E-state index in [0.717, 1.165) is 11.3 Å². The van der Waals surface area contributed by atoms with Crippen molar-refractivity contribution < 1.29 is 9.53 Å². The molecule has 0 saturated carbocycles. The molecule has 25 heavy (non-hydrogen) atoms. The lowest BCUT2D eigenvalue weighted by Crippen LogP contribution is -2.41. The van der Waals surface area contributed by atoms with Crippen molar-refractivity contribution in [3.63, 3.8) is 0 Å². The van der Waals surface area contributed by atoms with E-state index in [1.807, 2.05) is 78.6 Å². The van der Waals surface area contributed by atoms with Crippen LogP contribution in [-0.2, 0) is 9.53 Å². The fourth-order valence-corrected chi connectivity index (χ4v) is 3.22. The molecular formula is C20H20N2O2S. The molecule has 0 radical (unpaired) electrons. The van der Waals surface area contributed by atoms with Crippen LogP contribution in [0.2, 0.25) is 0 Å². The third-order valence-corrected chi connectivity index (χ3v) is 4.50. The van der Waals surface area contributed by atoms with Crippen molar-refractivity contribution in [1.82, 2.24) is 5.32 Å². The highest BCUT2D eigenvalue weighted by molar-refractivity contribution is 7.80. The Balaban J connectivity index is 1.96. The number of esters is 1. The van der Waals surface area contributed by atoms with Crippen LogP contribution < -0.4 is 10.2 Å². The van der Waals surface area contributed by atoms with Crippen LogP contribution in [0.25, 0.3) is 6.08 Å². The molecule has 128 valence electrons. The number of benzene rings is 2. The molecule has 0 amide bonds. The number of rotatable bonds is 4. The molecule has 5 heteroatoms. The predicted octanol–water partition coefficient (Wildman–Crippen LogP) is 3.31. The molecule has 1 N–H and O–H groups in total. The van der Waals surface area contributed by atoms with Gasteiger partial charge in [-0.1, -0.05) is 60.2 Å². The second-order valence-electron chi connectivity index (χ2n) is 5.92. The number of anilines is 1. The van der Waals surface area contributed by atoms with Gasteiger partial charge in [0, 0.05) is 5.69 Å². The van der Waals surface area contributed by atoms with E-state index in [2.05, 4.69) is 5.32 Å². The van der Waals surface area contributed by atoms with Crippen molar-refractivity contribution in [2.45, 2.75) is 19.0 Å². The minimum absolute atomic E-state index is 0.261. The summed E-state index contributed by atoms with van der Waals surface area (Å²) in [6.45, 7) is 2.04. The first-order valence-corrected chi connectivity index (χ1v) is 8.48. The SMILES string of the molecule is COC(=O)[C@H]1NC(=S)N(c2ccc(C)cc2)[C@@H]1/C=C/c1ccccc1. The van der Waals surface area contributed by atoms with Gasteiger partial charge in [-0.3, -0.25) is 0 Å². The molecule has 1 heterocycles. The summed E-state index contributed by atoms with van der Waals surface area (Å²) >= 11 is 5.48. The molecule has 4 nitrogen and oxygen atoms in total. The van der Waals surface area contributed by atoms with E-state index < -0.39 is 6.04 Å². The molecule has 0 unspecified atom stereocenters. The van der Waals surface area contributed by atoms with Crippen LogP contribution in [0.3, 0.4) is 0 Å². The standard InChI is InChI=1S/C20H20N2O2S/c1-14-8-11-16(12-9-14)22-17(13-10-15-6-4-3-5-7-15)18(19(23)24-2)21-20(22)25/h3-13,17-18H,1-2H3,(H,21,25)/b13-10+/t17-,18+/m1/s1. The highest BCUT2D eigenvalue weighted by Crippen LogP contribution is 2.26. The summed E-state index contributed by atoms with van der Waals surface area (Å²) < 4.78 is 4.95. The Morgan fingerprint density at radius 3 is 2.48 bits per heavy atom. The maximum Gasteiger partial charge on any atom is 0.330 e. The molecule has 1 aliphatic heterocycles. The number of aryl methyl sites for hydroxylation is 1. The number of thiocarbonyl (C=S) groups is 1. The van der Waals surface area contributed by atoms with Gasteiger partial charge < -0.3 is 15.0 Å². The molecule has 0 bridgehead atoms. The van der Waals surface area contributed by atoms with Crippen LogP contribution in [-0.4, -0.2) is 30.3 Å². The summed E-state index contributed by atoms with van der Waals surface area (Å²) in [5.74, 6) is -0.334. The van der Waals surface area contributed by atoms with Crippen molar-refractivity contribution in [3.05, 3.63) is 71.8 Å². The number of carbonyl (C=O) groups is 1. The molecule has 2 aromatic carbocycles. The number of nitrogens with zero attached hydrogens (tertiary/aromatic N) is 1. The van der Waals surface area contributed by atoms with Crippen LogP contribution in [0.5, 0.6) is 0 Å². The molecule has 1 saturated heterocycles. The van der Waals surface area contributed by atoms with Gasteiger partial charge in [-0.15, -0.1) is 0 Å². The maximum absolute atomic E-state index is 12.2. The Kier molecular flexibility index (Phi) is 5.14. The number of ether oxygens (including phenoxy) is 1. The second kappa shape index (κ2) is 7.49. The number of carbonyl (C=O) groups excluding carboxylic acids is 1. The minimum atomic E-state index is -0.543. The lowest BCUT2D eigenvalue weighted by atomic mass is 10.1. The molecule has 1 aliphatic rings. The van der Waals surface area contributed by atoms with Crippen molar-refractivity contribution in [3.8, 4) is 0 Å². The van der Waals surface area contributed by atoms with E-state index in [4.69, 9.17) is 17.0 Å². The van der Waals surface area contributed by atoms with E-state index in [1.54, 1.807) is 0 Å². The summed E-state index contributed by atoms with van der Waals surface area (Å²) in [5.41, 5.74) is 3.17. The Labute approximate surface area is 153 Å². The van der Waals surface area contributed by atoms with E-state index in [9.17, 15) is 4.79 Å². The summed E-state index contributed by atoms with van der Waals surface area (Å²) in [7, 11) is 1.39. The fourth-order valence-electron chi connectivity index (χ4n) is 2.86. The Bertz CT molecular complexity index is 787. The van der Waals surface area contributed by atoms with Gasteiger partial charge in [-0.05, 0) is 36.8 Å². The first kappa shape index (κ1) is 17.2. The van der Waals surface area contributed by atoms with Gasteiger partial charge in [-0.25, -0.2) is 4.79 Å². The average Bonchev–Trinajstić information content (AvgIpc) is 2.97. The zero-order valence-electron chi connectivity index (χ0n) is 14.2. The largest absolute Gasteiger partial charge is 0.467 e. The third kappa shape index (κ3) is 3.72. The highest BCUT2D eigenvalue weighted by Gasteiger charge is 2.41. The number of methoxy groups -OCH3 is 1. The van der Waals surface area contributed by atoms with Gasteiger partial charge in [-0.2, -0.15) is 0 Å². The lowest BCUT2D eigenvalue weighted by Gasteiger charge is -2.24. The molecule has 1 fully saturated rings. The topological polar surface area (TPSA) is 41.6 Å². The van der Waals surface area contributed by atoms with Crippen molar-refractivity contribution in [1.29, 1.82) is 0 Å².